The van der Waals surface area contributed by atoms with Crippen LogP contribution in [0.4, 0.5) is 8.78 Å². The molecule has 1 aliphatic heterocycles. The Morgan fingerprint density at radius 2 is 2.16 bits per heavy atom. The van der Waals surface area contributed by atoms with Crippen molar-refractivity contribution in [1.82, 2.24) is 4.31 Å². The molecule has 1 aromatic carbocycles. The zero-order chi connectivity index (χ0) is 14.0. The van der Waals surface area contributed by atoms with Crippen molar-refractivity contribution in [2.45, 2.75) is 10.9 Å². The molecule has 0 radical (unpaired) electrons. The average Bonchev–Trinajstić information content (AvgIpc) is 2.41. The predicted octanol–water partition coefficient (Wildman–Crippen LogP) is 1.75. The zero-order valence-electron chi connectivity index (χ0n) is 9.85. The first-order valence-corrected chi connectivity index (χ1v) is 8.13. The molecule has 1 aliphatic rings. The van der Waals surface area contributed by atoms with E-state index in [4.69, 9.17) is 4.74 Å². The number of hydrogen-bond donors (Lipinski definition) is 0. The quantitative estimate of drug-likeness (QED) is 0.776. The minimum Gasteiger partial charge on any atom is -0.378 e. The molecule has 2 rings (SSSR count). The summed E-state index contributed by atoms with van der Waals surface area (Å²) < 4.78 is 57.8. The summed E-state index contributed by atoms with van der Waals surface area (Å²) >= 11 is 3.20. The van der Waals surface area contributed by atoms with Crippen molar-refractivity contribution in [3.8, 4) is 0 Å². The number of nitrogens with zero attached hydrogens (tertiary/aromatic N) is 1. The van der Waals surface area contributed by atoms with Gasteiger partial charge in [-0.2, -0.15) is 4.31 Å². The van der Waals surface area contributed by atoms with Crippen molar-refractivity contribution < 1.29 is 21.9 Å². The van der Waals surface area contributed by atoms with Crippen LogP contribution < -0.4 is 0 Å². The standard InChI is InChI=1S/C11H12BrF2NO3S/c12-6-9-7-18-4-3-15(9)19(16,17)11-5-8(13)1-2-10(11)14/h1-2,5,9H,3-4,6-7H2. The Kier molecular flexibility index (Phi) is 4.54. The third-order valence-electron chi connectivity index (χ3n) is 2.83. The van der Waals surface area contributed by atoms with Gasteiger partial charge in [0.05, 0.1) is 19.3 Å². The molecule has 1 atom stereocenters. The molecular formula is C11H12BrF2NO3S. The number of alkyl halides is 1. The van der Waals surface area contributed by atoms with Crippen LogP contribution in [0, 0.1) is 11.6 Å². The molecule has 8 heteroatoms. The van der Waals surface area contributed by atoms with E-state index in [1.807, 2.05) is 0 Å². The first kappa shape index (κ1) is 14.8. The summed E-state index contributed by atoms with van der Waals surface area (Å²) in [6.45, 7) is 0.579. The van der Waals surface area contributed by atoms with Crippen molar-refractivity contribution in [2.75, 3.05) is 25.1 Å². The zero-order valence-corrected chi connectivity index (χ0v) is 12.3. The van der Waals surface area contributed by atoms with Crippen molar-refractivity contribution in [2.24, 2.45) is 0 Å². The highest BCUT2D eigenvalue weighted by molar-refractivity contribution is 9.09. The van der Waals surface area contributed by atoms with Gasteiger partial charge in [0.1, 0.15) is 16.5 Å². The van der Waals surface area contributed by atoms with Crippen molar-refractivity contribution in [3.05, 3.63) is 29.8 Å². The van der Waals surface area contributed by atoms with Crippen LogP contribution in [0.2, 0.25) is 0 Å². The molecule has 4 nitrogen and oxygen atoms in total. The Balaban J connectivity index is 2.43. The van der Waals surface area contributed by atoms with Crippen molar-refractivity contribution in [3.63, 3.8) is 0 Å². The molecule has 1 fully saturated rings. The molecule has 1 heterocycles. The van der Waals surface area contributed by atoms with Crippen LogP contribution in [-0.2, 0) is 14.8 Å². The Hall–Kier alpha value is -0.570. The Morgan fingerprint density at radius 1 is 1.42 bits per heavy atom. The summed E-state index contributed by atoms with van der Waals surface area (Å²) in [5.74, 6) is -1.75. The lowest BCUT2D eigenvalue weighted by molar-refractivity contribution is 0.0412. The van der Waals surface area contributed by atoms with E-state index in [1.54, 1.807) is 0 Å². The second-order valence-corrected chi connectivity index (χ2v) is 6.58. The molecule has 106 valence electrons. The first-order chi connectivity index (χ1) is 8.96. The molecule has 1 saturated heterocycles. The second-order valence-electron chi connectivity index (χ2n) is 4.07. The monoisotopic (exact) mass is 355 g/mol. The van der Waals surface area contributed by atoms with Crippen LogP contribution in [0.3, 0.4) is 0 Å². The summed E-state index contributed by atoms with van der Waals surface area (Å²) in [5.41, 5.74) is 0. The molecular weight excluding hydrogens is 344 g/mol. The van der Waals surface area contributed by atoms with E-state index < -0.39 is 32.6 Å². The van der Waals surface area contributed by atoms with Gasteiger partial charge in [-0.3, -0.25) is 0 Å². The minimum atomic E-state index is -4.07. The fourth-order valence-electron chi connectivity index (χ4n) is 1.88. The Bertz CT molecular complexity index is 567. The van der Waals surface area contributed by atoms with Crippen LogP contribution in [0.15, 0.2) is 23.1 Å². The van der Waals surface area contributed by atoms with Gasteiger partial charge >= 0.3 is 0 Å². The van der Waals surface area contributed by atoms with Gasteiger partial charge in [-0.05, 0) is 18.2 Å². The summed E-state index contributed by atoms with van der Waals surface area (Å²) in [4.78, 5) is -0.639. The van der Waals surface area contributed by atoms with E-state index in [1.165, 1.54) is 0 Å². The highest BCUT2D eigenvalue weighted by Gasteiger charge is 2.35. The minimum absolute atomic E-state index is 0.120. The van der Waals surface area contributed by atoms with E-state index in [-0.39, 0.29) is 19.8 Å². The Morgan fingerprint density at radius 3 is 2.84 bits per heavy atom. The number of ether oxygens (including phenoxy) is 1. The van der Waals surface area contributed by atoms with Crippen molar-refractivity contribution in [1.29, 1.82) is 0 Å². The van der Waals surface area contributed by atoms with Gasteiger partial charge in [-0.15, -0.1) is 0 Å². The van der Waals surface area contributed by atoms with E-state index >= 15 is 0 Å². The fourth-order valence-corrected chi connectivity index (χ4v) is 4.28. The topological polar surface area (TPSA) is 46.6 Å². The first-order valence-electron chi connectivity index (χ1n) is 5.57. The predicted molar refractivity (Wildman–Crippen MR) is 68.7 cm³/mol. The van der Waals surface area contributed by atoms with E-state index in [0.717, 1.165) is 16.4 Å². The molecule has 0 aliphatic carbocycles. The third-order valence-corrected chi connectivity index (χ3v) is 5.55. The van der Waals surface area contributed by atoms with Gasteiger partial charge < -0.3 is 4.74 Å². The smallest absolute Gasteiger partial charge is 0.246 e. The summed E-state index contributed by atoms with van der Waals surface area (Å²) in [7, 11) is -4.07. The second kappa shape index (κ2) is 5.82. The number of halogens is 3. The molecule has 0 saturated carbocycles. The molecule has 0 N–H and O–H groups in total. The highest BCUT2D eigenvalue weighted by Crippen LogP contribution is 2.24. The lowest BCUT2D eigenvalue weighted by atomic mass is 10.3. The largest absolute Gasteiger partial charge is 0.378 e. The molecule has 1 unspecified atom stereocenters. The van der Waals surface area contributed by atoms with Gasteiger partial charge in [-0.1, -0.05) is 15.9 Å². The third kappa shape index (κ3) is 2.96. The molecule has 0 spiro atoms. The number of sulfonamides is 1. The number of benzene rings is 1. The van der Waals surface area contributed by atoms with E-state index in [2.05, 4.69) is 15.9 Å². The average molecular weight is 356 g/mol. The van der Waals surface area contributed by atoms with E-state index in [9.17, 15) is 17.2 Å². The summed E-state index contributed by atoms with van der Waals surface area (Å²) in [6, 6.07) is 1.97. The molecule has 0 bridgehead atoms. The van der Waals surface area contributed by atoms with E-state index in [0.29, 0.717) is 11.4 Å². The summed E-state index contributed by atoms with van der Waals surface area (Å²) in [6.07, 6.45) is 0. The van der Waals surface area contributed by atoms with Crippen LogP contribution >= 0.6 is 15.9 Å². The van der Waals surface area contributed by atoms with Crippen LogP contribution in [0.1, 0.15) is 0 Å². The molecule has 19 heavy (non-hydrogen) atoms. The van der Waals surface area contributed by atoms with Gasteiger partial charge in [0.15, 0.2) is 0 Å². The van der Waals surface area contributed by atoms with Gasteiger partial charge in [0.2, 0.25) is 10.0 Å². The summed E-state index contributed by atoms with van der Waals surface area (Å²) in [5, 5.41) is 0.364. The lowest BCUT2D eigenvalue weighted by Gasteiger charge is -2.33. The fraction of sp³-hybridized carbons (Fsp3) is 0.455. The molecule has 0 amide bonds. The molecule has 0 aromatic heterocycles. The number of hydrogen-bond acceptors (Lipinski definition) is 3. The number of rotatable bonds is 3. The van der Waals surface area contributed by atoms with Crippen LogP contribution in [0.5, 0.6) is 0 Å². The SMILES string of the molecule is O=S(=O)(c1cc(F)ccc1F)N1CCOCC1CBr. The van der Waals surface area contributed by atoms with Crippen LogP contribution in [0.25, 0.3) is 0 Å². The van der Waals surface area contributed by atoms with Gasteiger partial charge in [-0.25, -0.2) is 17.2 Å². The van der Waals surface area contributed by atoms with Gasteiger partial charge in [0, 0.05) is 11.9 Å². The maximum Gasteiger partial charge on any atom is 0.246 e. The van der Waals surface area contributed by atoms with Crippen molar-refractivity contribution >= 4 is 26.0 Å². The lowest BCUT2D eigenvalue weighted by Crippen LogP contribution is -2.49. The normalized spacial score (nSPS) is 21.5. The maximum atomic E-state index is 13.6. The number of morpholine rings is 1. The Labute approximate surface area is 118 Å². The van der Waals surface area contributed by atoms with Gasteiger partial charge in [0.25, 0.3) is 0 Å². The molecule has 1 aromatic rings. The highest BCUT2D eigenvalue weighted by atomic mass is 79.9. The maximum absolute atomic E-state index is 13.6. The van der Waals surface area contributed by atoms with Crippen LogP contribution in [-0.4, -0.2) is 43.9 Å².